The van der Waals surface area contributed by atoms with E-state index in [2.05, 4.69) is 0 Å². The minimum Gasteiger partial charge on any atom is -0.554 e. The van der Waals surface area contributed by atoms with Gasteiger partial charge in [0.15, 0.2) is 0 Å². The molecule has 2 fully saturated rings. The molecule has 1 nitrogen and oxygen atoms in total. The van der Waals surface area contributed by atoms with Crippen LogP contribution in [0, 0.1) is 30.3 Å². The average molecular weight is 1540 g/mol. The van der Waals surface area contributed by atoms with Gasteiger partial charge < -0.3 is 11.5 Å². The monoisotopic (exact) mass is 1540 g/mol. The number of alkyl halides is 3. The second kappa shape index (κ2) is 5.59. The van der Waals surface area contributed by atoms with E-state index in [0.717, 1.165) is 19.3 Å². The van der Waals surface area contributed by atoms with Crippen LogP contribution in [0.1, 0.15) is 25.7 Å². The van der Waals surface area contributed by atoms with Crippen molar-refractivity contribution in [3.8, 4) is 0 Å². The summed E-state index contributed by atoms with van der Waals surface area (Å²) in [7, 11) is 0. The number of rotatable bonds is 2. The first-order valence-electron chi connectivity index (χ1n) is 4.94. The van der Waals surface area contributed by atoms with E-state index in [-0.39, 0.29) is 12.3 Å². The second-order valence-corrected chi connectivity index (χ2v) is 4.34. The summed E-state index contributed by atoms with van der Waals surface area (Å²) in [6, 6.07) is 0. The zero-order valence-corrected chi connectivity index (χ0v) is 43.3. The van der Waals surface area contributed by atoms with Crippen LogP contribution in [-0.2, 0) is 0 Å². The van der Waals surface area contributed by atoms with Gasteiger partial charge in [-0.1, -0.05) is 25.2 Å². The molecule has 3 unspecified atom stereocenters. The summed E-state index contributed by atoms with van der Waals surface area (Å²) in [6.45, 7) is 0. The topological polar surface area (TPSA) is 20.2 Å². The van der Waals surface area contributed by atoms with Crippen molar-refractivity contribution in [2.45, 2.75) is 31.9 Å². The van der Waals surface area contributed by atoms with Crippen molar-refractivity contribution in [3.63, 3.8) is 0 Å². The first kappa shape index (κ1) is 23.5. The fourth-order valence-corrected chi connectivity index (χ4v) is 2.70. The maximum Gasteiger partial charge on any atom is 0.294 e. The Kier molecular flexibility index (Phi) is 6.91. The summed E-state index contributed by atoms with van der Waals surface area (Å²) in [4.78, 5) is 0. The van der Waals surface area contributed by atoms with Gasteiger partial charge >= 0.3 is 0 Å². The van der Waals surface area contributed by atoms with Crippen LogP contribution in [0.3, 0.4) is 0 Å². The zero-order valence-electron chi connectivity index (χ0n) is 11.3. The van der Waals surface area contributed by atoms with Crippen molar-refractivity contribution < 1.29 is 18.3 Å². The molecule has 9 heteroatoms. The first-order chi connectivity index (χ1) is 6.47. The van der Waals surface area contributed by atoms with E-state index in [0.29, 0.717) is 11.8 Å². The molecular formula is C10H13F3ORf5-2. The maximum atomic E-state index is 12.0. The van der Waals surface area contributed by atoms with Crippen molar-refractivity contribution in [1.29, 1.82) is 0 Å². The molecule has 2 rings (SSSR count). The van der Waals surface area contributed by atoms with Crippen LogP contribution in [0.4, 0.5) is 13.2 Å². The first-order valence-corrected chi connectivity index (χ1v) is 4.94. The van der Waals surface area contributed by atoms with Crippen LogP contribution in [-0.4, -0.2) is 11.3 Å². The van der Waals surface area contributed by atoms with Crippen molar-refractivity contribution in [3.05, 3.63) is 12.5 Å². The second-order valence-electron chi connectivity index (χ2n) is 4.34. The largest absolute Gasteiger partial charge is 0.554 e. The molecule has 92 valence electrons. The van der Waals surface area contributed by atoms with Crippen LogP contribution in [0.2, 0.25) is 0 Å². The molecule has 2 aliphatic rings. The van der Waals surface area contributed by atoms with E-state index in [4.69, 9.17) is 5.11 Å². The van der Waals surface area contributed by atoms with Crippen molar-refractivity contribution in [1.82, 2.24) is 0 Å². The maximum absolute atomic E-state index is 12.0. The SMILES string of the molecule is O[C-](CC1[CH-]C2CCC1C2)C(F)(F)F.[Rf].[Rf].[Rf].[Rf].[Rf]. The van der Waals surface area contributed by atoms with Gasteiger partial charge in [0, 0.05) is 0 Å². The minimum absolute atomic E-state index is 0. The Morgan fingerprint density at radius 3 is 1.89 bits per heavy atom. The summed E-state index contributed by atoms with van der Waals surface area (Å²) < 4.78 is 36.1. The van der Waals surface area contributed by atoms with Crippen LogP contribution in [0.15, 0.2) is 0 Å². The van der Waals surface area contributed by atoms with Gasteiger partial charge in [-0.05, 0) is 0 Å². The van der Waals surface area contributed by atoms with E-state index in [9.17, 15) is 13.2 Å². The van der Waals surface area contributed by atoms with E-state index < -0.39 is 12.3 Å². The predicted molar refractivity (Wildman–Crippen MR) is 44.5 cm³/mol. The molecule has 19 heavy (non-hydrogen) atoms. The Hall–Kier alpha value is -5.25. The van der Waals surface area contributed by atoms with Gasteiger partial charge in [-0.3, -0.25) is 0 Å². The Labute approximate surface area is 81.3 Å². The Balaban J connectivity index is -0.000000225. The summed E-state index contributed by atoms with van der Waals surface area (Å²) >= 11 is 0. The van der Waals surface area contributed by atoms with E-state index in [1.165, 1.54) is 0 Å². The molecule has 0 aliphatic heterocycles. The number of halogens is 3. The summed E-state index contributed by atoms with van der Waals surface area (Å²) in [5.41, 5.74) is 0. The van der Waals surface area contributed by atoms with Gasteiger partial charge in [0.1, 0.15) is 0 Å². The molecule has 0 aromatic heterocycles. The van der Waals surface area contributed by atoms with Crippen LogP contribution in [0.25, 0.3) is 0 Å². The summed E-state index contributed by atoms with van der Waals surface area (Å²) in [6.07, 6.45) is -0.900. The van der Waals surface area contributed by atoms with Gasteiger partial charge in [-0.15, -0.1) is 6.10 Å². The smallest absolute Gasteiger partial charge is 0.294 e. The third-order valence-corrected chi connectivity index (χ3v) is 3.39. The normalized spacial score (nSPS) is 27.3. The predicted octanol–water partition coefficient (Wildman–Crippen LogP) is 3.09. The van der Waals surface area contributed by atoms with E-state index in [1.54, 1.807) is 0 Å². The van der Waals surface area contributed by atoms with Crippen molar-refractivity contribution in [2.75, 3.05) is 0 Å². The Morgan fingerprint density at radius 1 is 1.05 bits per heavy atom. The third kappa shape index (κ3) is 3.11. The fourth-order valence-electron chi connectivity index (χ4n) is 2.70. The zero-order chi connectivity index (χ0) is 10.3. The minimum atomic E-state index is -4.53. The molecule has 0 saturated heterocycles. The molecule has 0 aromatic rings. The quantitative estimate of drug-likeness (QED) is 0.423. The number of aliphatic hydroxyl groups is 1. The molecule has 1 N–H and O–H groups in total. The summed E-state index contributed by atoms with van der Waals surface area (Å²) in [5, 5.41) is 8.85. The number of fused-ring (bicyclic) bond motifs is 2. The van der Waals surface area contributed by atoms with Crippen molar-refractivity contribution >= 4 is 0 Å². The molecule has 0 radical (unpaired) electrons. The van der Waals surface area contributed by atoms with Gasteiger partial charge in [-0.25, -0.2) is 13.2 Å². The Bertz CT molecular complexity index is 230. The van der Waals surface area contributed by atoms with Crippen molar-refractivity contribution in [2.24, 2.45) is 17.8 Å². The average Bonchev–Trinajstić information content (AvgIpc) is 2.62. The molecule has 0 spiro atoms. The van der Waals surface area contributed by atoms with Gasteiger partial charge in [0.25, 0.3) is 6.18 Å². The van der Waals surface area contributed by atoms with E-state index >= 15 is 0 Å². The van der Waals surface area contributed by atoms with Crippen LogP contribution < -0.4 is 0 Å². The molecule has 0 amide bonds. The number of hydrogen-bond acceptors (Lipinski definition) is 1. The number of aliphatic hydroxyl groups excluding tert-OH is 1. The molecule has 2 saturated carbocycles. The van der Waals surface area contributed by atoms with Gasteiger partial charge in [0.05, 0.1) is 0 Å². The number of hydrogen-bond donors (Lipinski definition) is 1. The van der Waals surface area contributed by atoms with Crippen LogP contribution >= 0.6 is 0 Å². The molecule has 0 aromatic carbocycles. The Morgan fingerprint density at radius 2 is 1.58 bits per heavy atom. The summed E-state index contributed by atoms with van der Waals surface area (Å²) in [5.74, 6) is 0.839. The standard InChI is InChI=1S/C10H13F3O.5Rf/c11-10(12,13)9(14)5-8-4-6-1-2-7(8)3-6;;;;;/h4,6-8,14H,1-3,5H2;;;;;/q-2;;;;;. The third-order valence-electron chi connectivity index (χ3n) is 3.39. The van der Waals surface area contributed by atoms with E-state index in [1.807, 2.05) is 6.42 Å². The van der Waals surface area contributed by atoms with Crippen LogP contribution in [0.5, 0.6) is 0 Å². The van der Waals surface area contributed by atoms with Gasteiger partial charge in [0.2, 0.25) is 0 Å². The fraction of sp³-hybridized carbons (Fsp3) is 0.800. The molecule has 2 bridgehead atoms. The molecule has 0 heterocycles. The molecule has 3 atom stereocenters. The molecule has 2 aliphatic carbocycles. The molecular weight excluding hydrogens is 1530 g/mol. The van der Waals surface area contributed by atoms with Gasteiger partial charge in [-0.2, -0.15) is 18.3 Å².